The van der Waals surface area contributed by atoms with Gasteiger partial charge in [-0.3, -0.25) is 39.0 Å². The topological polar surface area (TPSA) is 211 Å². The highest BCUT2D eigenvalue weighted by atomic mass is 16.5. The van der Waals surface area contributed by atoms with E-state index in [4.69, 9.17) is 26.0 Å². The predicted molar refractivity (Wildman–Crippen MR) is 249 cm³/mol. The zero-order chi connectivity index (χ0) is 47.1. The van der Waals surface area contributed by atoms with Crippen LogP contribution in [0.1, 0.15) is 91.0 Å². The summed E-state index contributed by atoms with van der Waals surface area (Å²) in [5.74, 6) is 5.77. The van der Waals surface area contributed by atoms with Gasteiger partial charge in [0.15, 0.2) is 0 Å². The van der Waals surface area contributed by atoms with Crippen molar-refractivity contribution in [2.24, 2.45) is 22.9 Å². The van der Waals surface area contributed by atoms with E-state index in [-0.39, 0.29) is 42.6 Å². The normalized spacial score (nSPS) is 15.8. The average Bonchev–Trinajstić information content (AvgIpc) is 3.94. The van der Waals surface area contributed by atoms with Crippen LogP contribution in [0.2, 0.25) is 0 Å². The number of nitrogens with two attached hydrogens (primary N) is 2. The Morgan fingerprint density at radius 1 is 1.08 bits per heavy atom. The molecule has 64 heavy (non-hydrogen) atoms. The number of rotatable bonds is 20. The van der Waals surface area contributed by atoms with E-state index in [9.17, 15) is 24.0 Å². The van der Waals surface area contributed by atoms with Crippen LogP contribution in [0.3, 0.4) is 0 Å². The van der Waals surface area contributed by atoms with Crippen LogP contribution in [0.4, 0.5) is 5.69 Å². The van der Waals surface area contributed by atoms with E-state index in [1.54, 1.807) is 19.5 Å². The van der Waals surface area contributed by atoms with E-state index in [1.807, 2.05) is 56.0 Å². The molecule has 2 saturated heterocycles. The highest BCUT2D eigenvalue weighted by Crippen LogP contribution is 2.41. The summed E-state index contributed by atoms with van der Waals surface area (Å²) < 4.78 is 13.2. The van der Waals surface area contributed by atoms with Crippen LogP contribution in [-0.4, -0.2) is 114 Å². The minimum atomic E-state index is -1.02. The molecule has 5 rings (SSSR count). The van der Waals surface area contributed by atoms with Gasteiger partial charge >= 0.3 is 0 Å². The van der Waals surface area contributed by atoms with E-state index in [1.165, 1.54) is 28.0 Å². The van der Waals surface area contributed by atoms with Crippen LogP contribution >= 0.6 is 0 Å². The number of hydrazine groups is 2. The fourth-order valence-corrected chi connectivity index (χ4v) is 8.38. The number of hydrogen-bond acceptors (Lipinski definition) is 12. The fraction of sp³-hybridized carbons (Fsp3) is 0.532. The van der Waals surface area contributed by atoms with Gasteiger partial charge in [-0.1, -0.05) is 34.3 Å². The lowest BCUT2D eigenvalue weighted by Crippen LogP contribution is -2.58. The van der Waals surface area contributed by atoms with Gasteiger partial charge < -0.3 is 34.9 Å². The number of likely N-dealkylation sites (tertiary alicyclic amines) is 1. The van der Waals surface area contributed by atoms with Gasteiger partial charge in [0.1, 0.15) is 12.1 Å². The predicted octanol–water partition coefficient (Wildman–Crippen LogP) is 4.56. The maximum absolute atomic E-state index is 13.8. The first-order valence-corrected chi connectivity index (χ1v) is 22.1. The van der Waals surface area contributed by atoms with Gasteiger partial charge in [-0.25, -0.2) is 11.3 Å². The molecular formula is C47H70N10O7. The second kappa shape index (κ2) is 23.8. The van der Waals surface area contributed by atoms with Gasteiger partial charge in [-0.2, -0.15) is 0 Å². The van der Waals surface area contributed by atoms with Crippen LogP contribution in [-0.2, 0) is 46.4 Å². The minimum Gasteiger partial charge on any atom is -0.467 e. The maximum Gasteiger partial charge on any atom is 0.293 e. The third-order valence-electron chi connectivity index (χ3n) is 11.6. The van der Waals surface area contributed by atoms with Crippen molar-refractivity contribution < 1.29 is 33.4 Å². The number of anilines is 1. The van der Waals surface area contributed by atoms with Crippen LogP contribution < -0.4 is 27.3 Å². The van der Waals surface area contributed by atoms with Crippen molar-refractivity contribution in [1.29, 1.82) is 0 Å². The number of pyridine rings is 1. The quantitative estimate of drug-likeness (QED) is 0.0533. The summed E-state index contributed by atoms with van der Waals surface area (Å²) in [6, 6.07) is 8.08. The molecule has 17 heteroatoms. The molecule has 0 bridgehead atoms. The van der Waals surface area contributed by atoms with Crippen molar-refractivity contribution >= 4 is 47.2 Å². The second-order valence-electron chi connectivity index (χ2n) is 17.5. The van der Waals surface area contributed by atoms with Gasteiger partial charge in [-0.05, 0) is 93.8 Å². The third-order valence-corrected chi connectivity index (χ3v) is 11.6. The number of aromatic nitrogens is 2. The van der Waals surface area contributed by atoms with Crippen LogP contribution in [0.25, 0.3) is 22.2 Å². The molecule has 0 saturated carbocycles. The Morgan fingerprint density at radius 3 is 2.38 bits per heavy atom. The van der Waals surface area contributed by atoms with Gasteiger partial charge in [-0.15, -0.1) is 0 Å². The number of likely N-dealkylation sites (N-methyl/N-ethyl adjacent to an activating group) is 1. The summed E-state index contributed by atoms with van der Waals surface area (Å²) in [6.45, 7) is 19.6. The van der Waals surface area contributed by atoms with E-state index in [0.29, 0.717) is 44.6 Å². The molecule has 0 aliphatic carbocycles. The van der Waals surface area contributed by atoms with Gasteiger partial charge in [0.25, 0.3) is 12.4 Å². The molecule has 3 unspecified atom stereocenters. The molecule has 6 N–H and O–H groups in total. The largest absolute Gasteiger partial charge is 0.467 e. The summed E-state index contributed by atoms with van der Waals surface area (Å²) in [5.41, 5.74) is 14.9. The maximum atomic E-state index is 13.8. The first kappa shape index (κ1) is 50.9. The van der Waals surface area contributed by atoms with Gasteiger partial charge in [0.2, 0.25) is 18.2 Å². The Bertz CT molecular complexity index is 2110. The van der Waals surface area contributed by atoms with E-state index in [2.05, 4.69) is 42.7 Å². The summed E-state index contributed by atoms with van der Waals surface area (Å²) in [4.78, 5) is 68.8. The van der Waals surface area contributed by atoms with Crippen LogP contribution in [0, 0.1) is 11.3 Å². The molecule has 2 aliphatic heterocycles. The fourth-order valence-electron chi connectivity index (χ4n) is 8.38. The van der Waals surface area contributed by atoms with E-state index < -0.39 is 23.4 Å². The van der Waals surface area contributed by atoms with Crippen molar-refractivity contribution in [2.75, 3.05) is 52.0 Å². The number of carbonyl (C=O) groups is 5. The molecule has 3 aromatic rings. The molecule has 2 aliphatic rings. The Balaban J connectivity index is 0.000000885. The Labute approximate surface area is 378 Å². The summed E-state index contributed by atoms with van der Waals surface area (Å²) >= 11 is 0. The summed E-state index contributed by atoms with van der Waals surface area (Å²) in [7, 11) is 3.20. The Morgan fingerprint density at radius 2 is 1.78 bits per heavy atom. The van der Waals surface area contributed by atoms with Crippen molar-refractivity contribution in [2.45, 2.75) is 105 Å². The summed E-state index contributed by atoms with van der Waals surface area (Å²) in [5, 5.41) is 6.75. The number of fused-ring (bicyclic) bond motifs is 1. The monoisotopic (exact) mass is 887 g/mol. The zero-order valence-corrected chi connectivity index (χ0v) is 39.0. The number of nitrogens with one attached hydrogen (secondary N) is 2. The van der Waals surface area contributed by atoms with Crippen LogP contribution in [0.5, 0.6) is 0 Å². The SMILES string of the molecule is C=CC(=O)N1CCCC1.CCn1c(-c2cccnc2C(C)OC)c(CC(C)(C)COC=O)c2cc(N(N)/C=C(\N)CC(NC(=O)C(C(C)C)N(C)C=O)C(=O)N3CCCCN3)ccc21. The molecular weight excluding hydrogens is 817 g/mol. The van der Waals surface area contributed by atoms with Gasteiger partial charge in [0.05, 0.1) is 29.8 Å². The van der Waals surface area contributed by atoms with Crippen LogP contribution in [0.15, 0.2) is 61.1 Å². The number of carbonyl (C=O) groups excluding carboxylic acids is 5. The highest BCUT2D eigenvalue weighted by molar-refractivity contribution is 5.95. The summed E-state index contributed by atoms with van der Waals surface area (Å²) in [6.07, 6.45) is 9.62. The van der Waals surface area contributed by atoms with Crippen molar-refractivity contribution in [3.8, 4) is 11.3 Å². The standard InChI is InChI=1S/C40H59N9O6.C7H11NO/c1-9-47-34-15-14-29(20-31(34)32(21-40(5,6)23-55-25-51)37(47)30-13-12-16-43-35(30)27(4)54-8)48(42)22-28(41)19-33(39(53)49-18-11-10-17-44-49)45-38(52)36(26(2)3)46(7)24-50;1-2-7(9)8-5-3-4-6-8/h12-16,20,22,24-27,33,36,44H,9-11,17-19,21,23,41-42H2,1-8H3,(H,45,52);2H,1,3-6H2/b28-22-;. The second-order valence-corrected chi connectivity index (χ2v) is 17.5. The number of methoxy groups -OCH3 is 1. The van der Waals surface area contributed by atoms with Crippen molar-refractivity contribution in [3.63, 3.8) is 0 Å². The molecule has 0 spiro atoms. The average molecular weight is 887 g/mol. The van der Waals surface area contributed by atoms with E-state index >= 15 is 0 Å². The molecule has 4 amide bonds. The highest BCUT2D eigenvalue weighted by Gasteiger charge is 2.33. The molecule has 0 radical (unpaired) electrons. The van der Waals surface area contributed by atoms with E-state index in [0.717, 1.165) is 72.2 Å². The lowest BCUT2D eigenvalue weighted by molar-refractivity contribution is -0.142. The molecule has 17 nitrogen and oxygen atoms in total. The Kier molecular flexibility index (Phi) is 18.9. The molecule has 4 heterocycles. The lowest BCUT2D eigenvalue weighted by Gasteiger charge is -2.33. The Hall–Kier alpha value is -5.78. The number of hydrogen-bond donors (Lipinski definition) is 4. The zero-order valence-electron chi connectivity index (χ0n) is 39.0. The lowest BCUT2D eigenvalue weighted by atomic mass is 9.84. The van der Waals surface area contributed by atoms with Gasteiger partial charge in [0, 0.05) is 93.3 Å². The molecule has 350 valence electrons. The number of amides is 4. The number of aryl methyl sites for hydroxylation is 1. The first-order chi connectivity index (χ1) is 30.5. The smallest absolute Gasteiger partial charge is 0.293 e. The molecule has 1 aromatic carbocycles. The molecule has 2 fully saturated rings. The first-order valence-electron chi connectivity index (χ1n) is 22.1. The van der Waals surface area contributed by atoms with Crippen molar-refractivity contribution in [1.82, 2.24) is 35.1 Å². The number of benzene rings is 1. The van der Waals surface area contributed by atoms with Crippen molar-refractivity contribution in [3.05, 3.63) is 72.3 Å². The third kappa shape index (κ3) is 12.9. The molecule has 3 atom stereocenters. The number of nitrogens with zero attached hydrogens (tertiary/aromatic N) is 6. The minimum absolute atomic E-state index is 0.0255. The molecule has 2 aromatic heterocycles. The number of ether oxygens (including phenoxy) is 2.